The summed E-state index contributed by atoms with van der Waals surface area (Å²) < 4.78 is 0. The Balaban J connectivity index is 3.04. The Kier molecular flexibility index (Phi) is 4.48. The number of nitro benzene ring substituents is 1. The van der Waals surface area contributed by atoms with Gasteiger partial charge in [-0.3, -0.25) is 10.1 Å². The molecule has 0 amide bonds. The van der Waals surface area contributed by atoms with Crippen LogP contribution in [0.5, 0.6) is 0 Å². The molecule has 0 radical (unpaired) electrons. The molecule has 0 saturated heterocycles. The van der Waals surface area contributed by atoms with Crippen molar-refractivity contribution in [3.05, 3.63) is 38.9 Å². The fourth-order valence-corrected chi connectivity index (χ4v) is 2.16. The zero-order valence-corrected chi connectivity index (χ0v) is 10.8. The monoisotopic (exact) mass is 256 g/mol. The number of hydrogen-bond acceptors (Lipinski definition) is 3. The second-order valence-electron chi connectivity index (χ2n) is 4.61. The van der Waals surface area contributed by atoms with Crippen molar-refractivity contribution < 1.29 is 4.92 Å². The van der Waals surface area contributed by atoms with Crippen molar-refractivity contribution in [2.75, 3.05) is 0 Å². The van der Waals surface area contributed by atoms with E-state index >= 15 is 0 Å². The molecule has 1 aromatic carbocycles. The summed E-state index contributed by atoms with van der Waals surface area (Å²) in [4.78, 5) is 10.5. The van der Waals surface area contributed by atoms with Gasteiger partial charge in [0.2, 0.25) is 0 Å². The third kappa shape index (κ3) is 3.98. The third-order valence-corrected chi connectivity index (χ3v) is 2.89. The summed E-state index contributed by atoms with van der Waals surface area (Å²) in [5.74, 6) is 0. The van der Waals surface area contributed by atoms with Crippen molar-refractivity contribution in [2.45, 2.75) is 38.6 Å². The minimum absolute atomic E-state index is 0.0854. The van der Waals surface area contributed by atoms with E-state index in [0.717, 1.165) is 12.8 Å². The highest BCUT2D eigenvalue weighted by molar-refractivity contribution is 6.30. The summed E-state index contributed by atoms with van der Waals surface area (Å²) in [6, 6.07) is 4.58. The van der Waals surface area contributed by atoms with Crippen LogP contribution in [0, 0.1) is 10.1 Å². The largest absolute Gasteiger partial charge is 0.325 e. The van der Waals surface area contributed by atoms with E-state index < -0.39 is 10.5 Å². The first-order valence-electron chi connectivity index (χ1n) is 5.57. The standard InChI is InChI=1S/C12H17ClN2O2/c1-3-6-12(2,14)8-9-7-10(13)4-5-11(9)15(16)17/h4-5,7H,3,6,8,14H2,1-2H3. The zero-order chi connectivity index (χ0) is 13.1. The van der Waals surface area contributed by atoms with Gasteiger partial charge < -0.3 is 5.73 Å². The van der Waals surface area contributed by atoms with Gasteiger partial charge in [0.1, 0.15) is 0 Å². The minimum atomic E-state index is -0.440. The molecule has 0 aliphatic carbocycles. The van der Waals surface area contributed by atoms with Crippen molar-refractivity contribution in [2.24, 2.45) is 5.73 Å². The van der Waals surface area contributed by atoms with Gasteiger partial charge in [0.15, 0.2) is 0 Å². The molecule has 0 fully saturated rings. The summed E-state index contributed by atoms with van der Waals surface area (Å²) in [5.41, 5.74) is 6.36. The van der Waals surface area contributed by atoms with Crippen molar-refractivity contribution >= 4 is 17.3 Å². The molecule has 1 unspecified atom stereocenters. The molecule has 1 aromatic rings. The molecule has 94 valence electrons. The molecule has 4 nitrogen and oxygen atoms in total. The lowest BCUT2D eigenvalue weighted by Crippen LogP contribution is -2.38. The van der Waals surface area contributed by atoms with Gasteiger partial charge in [0, 0.05) is 22.2 Å². The summed E-state index contributed by atoms with van der Waals surface area (Å²) >= 11 is 5.86. The minimum Gasteiger partial charge on any atom is -0.325 e. The fourth-order valence-electron chi connectivity index (χ4n) is 1.97. The number of nitrogens with zero attached hydrogens (tertiary/aromatic N) is 1. The van der Waals surface area contributed by atoms with E-state index in [0.29, 0.717) is 17.0 Å². The fraction of sp³-hybridized carbons (Fsp3) is 0.500. The van der Waals surface area contributed by atoms with E-state index in [-0.39, 0.29) is 5.69 Å². The maximum absolute atomic E-state index is 10.9. The van der Waals surface area contributed by atoms with Gasteiger partial charge in [-0.25, -0.2) is 0 Å². The number of nitrogens with two attached hydrogens (primary N) is 1. The van der Waals surface area contributed by atoms with Crippen molar-refractivity contribution in [1.82, 2.24) is 0 Å². The van der Waals surface area contributed by atoms with Gasteiger partial charge >= 0.3 is 0 Å². The Morgan fingerprint density at radius 2 is 2.18 bits per heavy atom. The number of nitro groups is 1. The molecule has 0 heterocycles. The van der Waals surface area contributed by atoms with Gasteiger partial charge in [-0.05, 0) is 31.9 Å². The van der Waals surface area contributed by atoms with Gasteiger partial charge in [-0.15, -0.1) is 0 Å². The maximum Gasteiger partial charge on any atom is 0.272 e. The first-order chi connectivity index (χ1) is 7.85. The van der Waals surface area contributed by atoms with E-state index in [1.54, 1.807) is 6.07 Å². The molecule has 0 aliphatic rings. The second-order valence-corrected chi connectivity index (χ2v) is 5.05. The van der Waals surface area contributed by atoms with Crippen LogP contribution < -0.4 is 5.73 Å². The smallest absolute Gasteiger partial charge is 0.272 e. The zero-order valence-electron chi connectivity index (χ0n) is 10.1. The number of rotatable bonds is 5. The Hall–Kier alpha value is -1.13. The quantitative estimate of drug-likeness (QED) is 0.649. The molecule has 0 aromatic heterocycles. The van der Waals surface area contributed by atoms with E-state index in [1.165, 1.54) is 12.1 Å². The molecule has 5 heteroatoms. The highest BCUT2D eigenvalue weighted by Gasteiger charge is 2.23. The van der Waals surface area contributed by atoms with Gasteiger partial charge in [0.05, 0.1) is 4.92 Å². The predicted octanol–water partition coefficient (Wildman–Crippen LogP) is 3.31. The molecule has 0 spiro atoms. The molecule has 1 atom stereocenters. The molecule has 2 N–H and O–H groups in total. The van der Waals surface area contributed by atoms with Gasteiger partial charge in [-0.2, -0.15) is 0 Å². The second kappa shape index (κ2) is 5.47. The van der Waals surface area contributed by atoms with E-state index in [4.69, 9.17) is 17.3 Å². The molecule has 0 saturated carbocycles. The van der Waals surface area contributed by atoms with E-state index in [1.807, 2.05) is 13.8 Å². The Bertz CT molecular complexity index is 419. The maximum atomic E-state index is 10.9. The Labute approximate surface area is 106 Å². The number of benzene rings is 1. The number of halogens is 1. The molecule has 17 heavy (non-hydrogen) atoms. The molecule has 1 rings (SSSR count). The first kappa shape index (κ1) is 13.9. The molecule has 0 bridgehead atoms. The number of hydrogen-bond donors (Lipinski definition) is 1. The van der Waals surface area contributed by atoms with Crippen LogP contribution in [0.2, 0.25) is 5.02 Å². The highest BCUT2D eigenvalue weighted by Crippen LogP contribution is 2.27. The van der Waals surface area contributed by atoms with Gasteiger partial charge in [-0.1, -0.05) is 24.9 Å². The van der Waals surface area contributed by atoms with E-state index in [9.17, 15) is 10.1 Å². The van der Waals surface area contributed by atoms with Crippen LogP contribution in [0.1, 0.15) is 32.3 Å². The molecular weight excluding hydrogens is 240 g/mol. The summed E-state index contributed by atoms with van der Waals surface area (Å²) in [6.45, 7) is 3.94. The lowest BCUT2D eigenvalue weighted by molar-refractivity contribution is -0.385. The van der Waals surface area contributed by atoms with Crippen LogP contribution >= 0.6 is 11.6 Å². The Morgan fingerprint density at radius 3 is 2.71 bits per heavy atom. The van der Waals surface area contributed by atoms with Crippen LogP contribution in [0.3, 0.4) is 0 Å². The van der Waals surface area contributed by atoms with Crippen LogP contribution in [0.25, 0.3) is 0 Å². The van der Waals surface area contributed by atoms with Crippen molar-refractivity contribution in [3.63, 3.8) is 0 Å². The van der Waals surface area contributed by atoms with Crippen LogP contribution in [-0.4, -0.2) is 10.5 Å². The van der Waals surface area contributed by atoms with Gasteiger partial charge in [0.25, 0.3) is 5.69 Å². The SMILES string of the molecule is CCCC(C)(N)Cc1cc(Cl)ccc1[N+](=O)[O-]. The lowest BCUT2D eigenvalue weighted by Gasteiger charge is -2.23. The third-order valence-electron chi connectivity index (χ3n) is 2.65. The topological polar surface area (TPSA) is 69.2 Å². The van der Waals surface area contributed by atoms with Crippen molar-refractivity contribution in [3.8, 4) is 0 Å². The molecular formula is C12H17ClN2O2. The first-order valence-corrected chi connectivity index (χ1v) is 5.95. The summed E-state index contributed by atoms with van der Waals surface area (Å²) in [5, 5.41) is 11.4. The van der Waals surface area contributed by atoms with E-state index in [2.05, 4.69) is 0 Å². The highest BCUT2D eigenvalue weighted by atomic mass is 35.5. The van der Waals surface area contributed by atoms with Crippen molar-refractivity contribution in [1.29, 1.82) is 0 Å². The summed E-state index contributed by atoms with van der Waals surface area (Å²) in [6.07, 6.45) is 2.22. The van der Waals surface area contributed by atoms with Crippen LogP contribution in [0.15, 0.2) is 18.2 Å². The van der Waals surface area contributed by atoms with Crippen LogP contribution in [0.4, 0.5) is 5.69 Å². The Morgan fingerprint density at radius 1 is 1.53 bits per heavy atom. The molecule has 0 aliphatic heterocycles. The van der Waals surface area contributed by atoms with Crippen LogP contribution in [-0.2, 0) is 6.42 Å². The average Bonchev–Trinajstić information content (AvgIpc) is 2.15. The lowest BCUT2D eigenvalue weighted by atomic mass is 9.89. The normalized spacial score (nSPS) is 14.4. The summed E-state index contributed by atoms with van der Waals surface area (Å²) in [7, 11) is 0. The average molecular weight is 257 g/mol. The predicted molar refractivity (Wildman–Crippen MR) is 69.3 cm³/mol.